The molecule has 3 aliphatic heterocycles. The van der Waals surface area contributed by atoms with Crippen molar-refractivity contribution in [1.29, 1.82) is 0 Å². The average Bonchev–Trinajstić information content (AvgIpc) is 3.28. The van der Waals surface area contributed by atoms with E-state index in [1.807, 2.05) is 0 Å². The summed E-state index contributed by atoms with van der Waals surface area (Å²) in [4.78, 5) is 22.3. The molecule has 2 N–H and O–H groups in total. The molecule has 1 amide bonds. The van der Waals surface area contributed by atoms with Gasteiger partial charge < -0.3 is 15.2 Å². The molecule has 0 saturated carbocycles. The van der Waals surface area contributed by atoms with E-state index in [4.69, 9.17) is 9.84 Å². The van der Waals surface area contributed by atoms with Crippen LogP contribution in [0.1, 0.15) is 30.1 Å². The van der Waals surface area contributed by atoms with Gasteiger partial charge in [0.05, 0.1) is 22.2 Å². The Hall–Kier alpha value is -1.97. The van der Waals surface area contributed by atoms with Crippen LogP contribution in [-0.4, -0.2) is 61.0 Å². The first-order valence-electron chi connectivity index (χ1n) is 8.99. The van der Waals surface area contributed by atoms with Gasteiger partial charge in [-0.15, -0.1) is 0 Å². The third-order valence-electron chi connectivity index (χ3n) is 6.08. The fourth-order valence-electron chi connectivity index (χ4n) is 4.78. The molecule has 3 heterocycles. The predicted octanol–water partition coefficient (Wildman–Crippen LogP) is 0.689. The number of ether oxygens (including phenoxy) is 1. The summed E-state index contributed by atoms with van der Waals surface area (Å²) in [5, 5.41) is 11.8. The van der Waals surface area contributed by atoms with E-state index in [1.165, 1.54) is 35.5 Å². The van der Waals surface area contributed by atoms with E-state index in [2.05, 4.69) is 5.32 Å². The number of fused-ring (bicyclic) bond motifs is 1. The number of hydrogen-bond acceptors (Lipinski definition) is 5. The monoisotopic (exact) mass is 394 g/mol. The molecule has 27 heavy (non-hydrogen) atoms. The first kappa shape index (κ1) is 18.4. The van der Waals surface area contributed by atoms with Crippen LogP contribution in [0.15, 0.2) is 29.2 Å². The lowest BCUT2D eigenvalue weighted by molar-refractivity contribution is -0.119. The Morgan fingerprint density at radius 1 is 1.33 bits per heavy atom. The lowest BCUT2D eigenvalue weighted by atomic mass is 9.73. The second-order valence-corrected chi connectivity index (χ2v) is 9.53. The smallest absolute Gasteiger partial charge is 0.335 e. The van der Waals surface area contributed by atoms with Gasteiger partial charge in [0.2, 0.25) is 15.9 Å². The molecule has 1 spiro atoms. The topological polar surface area (TPSA) is 113 Å². The number of benzene rings is 1. The maximum absolute atomic E-state index is 13.0. The van der Waals surface area contributed by atoms with Crippen LogP contribution in [0.25, 0.3) is 0 Å². The molecule has 9 heteroatoms. The van der Waals surface area contributed by atoms with Gasteiger partial charge >= 0.3 is 5.97 Å². The molecule has 146 valence electrons. The van der Waals surface area contributed by atoms with Crippen molar-refractivity contribution < 1.29 is 27.9 Å². The van der Waals surface area contributed by atoms with Crippen LogP contribution < -0.4 is 5.32 Å². The van der Waals surface area contributed by atoms with Gasteiger partial charge in [-0.3, -0.25) is 4.79 Å². The van der Waals surface area contributed by atoms with Gasteiger partial charge in [-0.2, -0.15) is 4.31 Å². The van der Waals surface area contributed by atoms with Crippen molar-refractivity contribution in [3.05, 3.63) is 29.8 Å². The molecule has 2 bridgehead atoms. The maximum Gasteiger partial charge on any atom is 0.335 e. The zero-order valence-electron chi connectivity index (χ0n) is 14.9. The molecule has 4 atom stereocenters. The van der Waals surface area contributed by atoms with Crippen LogP contribution in [0.3, 0.4) is 0 Å². The van der Waals surface area contributed by atoms with E-state index >= 15 is 0 Å². The van der Waals surface area contributed by atoms with Gasteiger partial charge in [-0.25, -0.2) is 13.2 Å². The zero-order chi connectivity index (χ0) is 19.4. The van der Waals surface area contributed by atoms with Crippen LogP contribution in [0.2, 0.25) is 0 Å². The van der Waals surface area contributed by atoms with Gasteiger partial charge in [-0.1, -0.05) is 0 Å². The van der Waals surface area contributed by atoms with E-state index < -0.39 is 21.6 Å². The number of rotatable bonds is 5. The fraction of sp³-hybridized carbons (Fsp3) is 0.556. The first-order valence-corrected chi connectivity index (χ1v) is 10.4. The molecule has 3 fully saturated rings. The highest BCUT2D eigenvalue weighted by Gasteiger charge is 2.64. The number of carboxylic acid groups (broad SMARTS) is 1. The molecule has 3 saturated heterocycles. The minimum atomic E-state index is -3.73. The Morgan fingerprint density at radius 2 is 2.04 bits per heavy atom. The summed E-state index contributed by atoms with van der Waals surface area (Å²) in [5.74, 6) is -1.04. The number of nitrogens with zero attached hydrogens (tertiary/aromatic N) is 1. The number of nitrogens with one attached hydrogen (secondary N) is 1. The average molecular weight is 394 g/mol. The van der Waals surface area contributed by atoms with Gasteiger partial charge in [-0.05, 0) is 37.1 Å². The molecule has 0 aromatic heterocycles. The van der Waals surface area contributed by atoms with Crippen LogP contribution in [0.5, 0.6) is 0 Å². The number of carbonyl (C=O) groups excluding carboxylic acids is 1. The second-order valence-electron chi connectivity index (χ2n) is 7.59. The summed E-state index contributed by atoms with van der Waals surface area (Å²) < 4.78 is 33.7. The van der Waals surface area contributed by atoms with Crippen molar-refractivity contribution in [1.82, 2.24) is 9.62 Å². The Kier molecular flexibility index (Phi) is 4.28. The van der Waals surface area contributed by atoms with Crippen molar-refractivity contribution >= 4 is 21.9 Å². The Morgan fingerprint density at radius 3 is 2.67 bits per heavy atom. The van der Waals surface area contributed by atoms with Crippen molar-refractivity contribution in [3.63, 3.8) is 0 Å². The van der Waals surface area contributed by atoms with Gasteiger partial charge in [0.1, 0.15) is 0 Å². The highest BCUT2D eigenvalue weighted by molar-refractivity contribution is 7.89. The standard InChI is InChI=1S/C18H22N2O6S/c1-11(21)19-8-14-15-9-20(10-18(15)7-6-16(14)26-18)27(24,25)13-4-2-12(3-5-13)17(22)23/h2-5,14-16H,6-10H2,1H3,(H,19,21)(H,22,23)/t14-,15+,16+,18+/m0/s1. The number of hydrogen-bond donors (Lipinski definition) is 2. The zero-order valence-corrected chi connectivity index (χ0v) is 15.7. The highest BCUT2D eigenvalue weighted by atomic mass is 32.2. The maximum atomic E-state index is 13.0. The molecule has 0 aliphatic carbocycles. The number of sulfonamides is 1. The fourth-order valence-corrected chi connectivity index (χ4v) is 6.31. The van der Waals surface area contributed by atoms with E-state index in [9.17, 15) is 18.0 Å². The number of carbonyl (C=O) groups is 2. The molecule has 0 unspecified atom stereocenters. The number of carboxylic acids is 1. The van der Waals surface area contributed by atoms with Gasteiger partial charge in [0.15, 0.2) is 0 Å². The largest absolute Gasteiger partial charge is 0.478 e. The Labute approximate surface area is 157 Å². The van der Waals surface area contributed by atoms with Crippen LogP contribution in [0, 0.1) is 11.8 Å². The SMILES string of the molecule is CC(=O)NC[C@H]1[C@H]2CN(S(=O)(=O)c3ccc(C(=O)O)cc3)C[C@]23CC[C@H]1O3. The summed E-state index contributed by atoms with van der Waals surface area (Å²) in [7, 11) is -3.73. The van der Waals surface area contributed by atoms with Crippen LogP contribution >= 0.6 is 0 Å². The van der Waals surface area contributed by atoms with E-state index in [0.29, 0.717) is 19.6 Å². The third-order valence-corrected chi connectivity index (χ3v) is 7.90. The minimum absolute atomic E-state index is 0.0446. The van der Waals surface area contributed by atoms with Crippen LogP contribution in [-0.2, 0) is 19.6 Å². The van der Waals surface area contributed by atoms with Gasteiger partial charge in [0.25, 0.3) is 0 Å². The van der Waals surface area contributed by atoms with E-state index in [-0.39, 0.29) is 34.3 Å². The van der Waals surface area contributed by atoms with Gasteiger partial charge in [0, 0.05) is 38.4 Å². The minimum Gasteiger partial charge on any atom is -0.478 e. The van der Waals surface area contributed by atoms with Crippen molar-refractivity contribution in [2.45, 2.75) is 36.4 Å². The molecule has 0 radical (unpaired) electrons. The van der Waals surface area contributed by atoms with Crippen molar-refractivity contribution in [3.8, 4) is 0 Å². The summed E-state index contributed by atoms with van der Waals surface area (Å²) in [6.45, 7) is 2.61. The normalized spacial score (nSPS) is 32.4. The molecule has 8 nitrogen and oxygen atoms in total. The van der Waals surface area contributed by atoms with Crippen LogP contribution in [0.4, 0.5) is 0 Å². The molecule has 1 aromatic rings. The van der Waals surface area contributed by atoms with E-state index in [1.54, 1.807) is 0 Å². The summed E-state index contributed by atoms with van der Waals surface area (Å²) in [6, 6.07) is 5.26. The summed E-state index contributed by atoms with van der Waals surface area (Å²) >= 11 is 0. The third kappa shape index (κ3) is 2.94. The predicted molar refractivity (Wildman–Crippen MR) is 94.7 cm³/mol. The summed E-state index contributed by atoms with van der Waals surface area (Å²) in [6.07, 6.45) is 1.77. The lowest BCUT2D eigenvalue weighted by Gasteiger charge is -2.29. The molecule has 1 aromatic carbocycles. The quantitative estimate of drug-likeness (QED) is 0.760. The molecule has 4 rings (SSSR count). The number of amides is 1. The summed E-state index contributed by atoms with van der Waals surface area (Å²) in [5.41, 5.74) is -0.426. The molecular formula is C18H22N2O6S. The highest BCUT2D eigenvalue weighted by Crippen LogP contribution is 2.55. The first-order chi connectivity index (χ1) is 12.7. The number of aromatic carboxylic acids is 1. The Balaban J connectivity index is 1.56. The molecule has 3 aliphatic rings. The Bertz CT molecular complexity index is 884. The lowest BCUT2D eigenvalue weighted by Crippen LogP contribution is -2.41. The molecular weight excluding hydrogens is 372 g/mol. The second kappa shape index (κ2) is 6.29. The van der Waals surface area contributed by atoms with E-state index in [0.717, 1.165) is 12.8 Å². The van der Waals surface area contributed by atoms with Crippen molar-refractivity contribution in [2.75, 3.05) is 19.6 Å². The van der Waals surface area contributed by atoms with Crippen molar-refractivity contribution in [2.24, 2.45) is 11.8 Å².